The molecule has 0 spiro atoms. The Morgan fingerprint density at radius 3 is 0.934 bits per heavy atom. The molecule has 0 aliphatic carbocycles. The topological polar surface area (TPSA) is 234 Å². The number of carbonyl (C=O) groups is 3. The summed E-state index contributed by atoms with van der Waals surface area (Å²) < 4.78 is 190. The quantitative estimate of drug-likeness (QED) is 0.0777. The number of amides is 2. The van der Waals surface area contributed by atoms with E-state index in [1.165, 1.54) is 8.61 Å². The van der Waals surface area contributed by atoms with Crippen molar-refractivity contribution in [3.05, 3.63) is 103 Å². The van der Waals surface area contributed by atoms with Gasteiger partial charge in [0.1, 0.15) is 0 Å². The fourth-order valence-electron chi connectivity index (χ4n) is 11.6. The van der Waals surface area contributed by atoms with Crippen LogP contribution in [-0.4, -0.2) is 137 Å². The molecule has 0 atom stereocenters. The number of nitrogens with one attached hydrogen (secondary N) is 2. The van der Waals surface area contributed by atoms with Crippen molar-refractivity contribution in [3.63, 3.8) is 0 Å². The smallest absolute Gasteiger partial charge is 0.416 e. The lowest BCUT2D eigenvalue weighted by molar-refractivity contribution is -0.138. The average Bonchev–Trinajstić information content (AvgIpc) is 0.971. The predicted octanol–water partition coefficient (Wildman–Crippen LogP) is 13.6. The van der Waals surface area contributed by atoms with Crippen molar-refractivity contribution >= 4 is 82.7 Å². The molecule has 3 heterocycles. The fourth-order valence-corrected chi connectivity index (χ4v) is 15.7. The Morgan fingerprint density at radius 1 is 0.484 bits per heavy atom. The van der Waals surface area contributed by atoms with E-state index >= 15 is 0 Å². The molecule has 3 aliphatic rings. The van der Waals surface area contributed by atoms with Crippen LogP contribution >= 0.6 is 34.8 Å². The van der Waals surface area contributed by atoms with E-state index in [0.717, 1.165) is 74.6 Å². The first-order valence-electron chi connectivity index (χ1n) is 29.8. The number of carboxylic acid groups (broad SMARTS) is 1. The lowest BCUT2D eigenvalue weighted by Crippen LogP contribution is -2.48. The Hall–Kier alpha value is -4.00. The van der Waals surface area contributed by atoms with Gasteiger partial charge < -0.3 is 21.5 Å². The molecule has 0 radical (unpaired) electrons. The van der Waals surface area contributed by atoms with Gasteiger partial charge in [-0.1, -0.05) is 76.3 Å². The SMILES string of the molecule is CCS(=O)(=O)N1CCC(CN)(CC(C)C)CC1.CCS(=O)(=O)N1CCC(CNC(=O)c2ccc(C(F)(F)F)cc2Cl)(CC(C)C)CC1.CCS(=O)(=O)N1CCC(CNC(=O)c2ccc(C(F)(F)F)cc2Cl)(CC(C)C)CC1.O=C(O)c1ccc(C(F)(F)F)cc1Cl. The second-order valence-electron chi connectivity index (χ2n) is 24.6. The molecule has 2 amide bonds. The number of nitrogens with two attached hydrogens (primary N) is 1. The molecule has 3 saturated heterocycles. The van der Waals surface area contributed by atoms with E-state index < -0.39 is 88.1 Å². The van der Waals surface area contributed by atoms with E-state index in [0.29, 0.717) is 114 Å². The first-order chi connectivity index (χ1) is 41.8. The standard InChI is InChI=1S/2C20H28ClF3N2O3S.C12H26N2O2S.C8H4ClF3O2/c2*1-4-30(28,29)26-9-7-19(8-10-26,12-14(2)3)13-25-18(27)16-6-5-15(11-17(16)21)20(22,23)24;1-4-17(15,16)14-7-5-12(10-13,6-8-14)9-11(2)3;9-6-3-4(8(10,11)12)1-2-5(6)7(13)14/h2*5-6,11,14H,4,7-10,12-13H2,1-3H3,(H,25,27);11H,4-10,13H2,1-3H3;1-3H,(H,13,14). The Morgan fingerprint density at radius 2 is 0.725 bits per heavy atom. The van der Waals surface area contributed by atoms with Gasteiger partial charge in [0.25, 0.3) is 11.8 Å². The Balaban J connectivity index is 0.000000332. The van der Waals surface area contributed by atoms with Crippen molar-refractivity contribution in [2.45, 2.75) is 139 Å². The van der Waals surface area contributed by atoms with Gasteiger partial charge in [-0.2, -0.15) is 39.5 Å². The van der Waals surface area contributed by atoms with Crippen LogP contribution in [0.25, 0.3) is 0 Å². The molecular formula is C60H86Cl3F9N6O10S3. The van der Waals surface area contributed by atoms with Crippen LogP contribution in [0.4, 0.5) is 39.5 Å². The summed E-state index contributed by atoms with van der Waals surface area (Å²) in [6, 6.07) is 7.40. The lowest BCUT2D eigenvalue weighted by Gasteiger charge is -2.42. The van der Waals surface area contributed by atoms with Gasteiger partial charge in [0.2, 0.25) is 30.1 Å². The molecule has 3 aromatic rings. The van der Waals surface area contributed by atoms with Crippen molar-refractivity contribution in [1.82, 2.24) is 23.5 Å². The highest BCUT2D eigenvalue weighted by Gasteiger charge is 2.42. The molecule has 3 fully saturated rings. The van der Waals surface area contributed by atoms with Crippen LogP contribution in [0.15, 0.2) is 54.6 Å². The molecule has 91 heavy (non-hydrogen) atoms. The Kier molecular flexibility index (Phi) is 30.0. The normalized spacial score (nSPS) is 17.6. The minimum atomic E-state index is -4.53. The number of carbonyl (C=O) groups excluding carboxylic acids is 2. The predicted molar refractivity (Wildman–Crippen MR) is 337 cm³/mol. The maximum Gasteiger partial charge on any atom is 0.416 e. The number of piperidine rings is 3. The van der Waals surface area contributed by atoms with Crippen molar-refractivity contribution in [1.29, 1.82) is 0 Å². The molecule has 3 aliphatic heterocycles. The fraction of sp³-hybridized carbons (Fsp3) is 0.650. The number of nitrogens with zero attached hydrogens (tertiary/aromatic N) is 3. The third-order valence-electron chi connectivity index (χ3n) is 16.4. The van der Waals surface area contributed by atoms with Gasteiger partial charge in [0.05, 0.1) is 65.7 Å². The van der Waals surface area contributed by atoms with Crippen LogP contribution in [0.5, 0.6) is 0 Å². The van der Waals surface area contributed by atoms with Crippen molar-refractivity contribution in [2.24, 2.45) is 39.7 Å². The van der Waals surface area contributed by atoms with Crippen LogP contribution < -0.4 is 16.4 Å². The number of sulfonamides is 3. The third kappa shape index (κ3) is 24.3. The van der Waals surface area contributed by atoms with Gasteiger partial charge in [-0.3, -0.25) is 9.59 Å². The molecular weight excluding hydrogens is 1340 g/mol. The molecule has 0 aromatic heterocycles. The van der Waals surface area contributed by atoms with Gasteiger partial charge in [-0.25, -0.2) is 43.0 Å². The first-order valence-corrected chi connectivity index (χ1v) is 35.8. The van der Waals surface area contributed by atoms with E-state index in [9.17, 15) is 79.2 Å². The number of aromatic carboxylic acids is 1. The summed E-state index contributed by atoms with van der Waals surface area (Å²) in [5, 5.41) is 13.2. The lowest BCUT2D eigenvalue weighted by atomic mass is 9.73. The van der Waals surface area contributed by atoms with Crippen LogP contribution in [0.3, 0.4) is 0 Å². The molecule has 16 nitrogen and oxygen atoms in total. The summed E-state index contributed by atoms with van der Waals surface area (Å²) in [6.45, 7) is 21.7. The Bertz CT molecular complexity index is 3120. The maximum atomic E-state index is 12.8. The zero-order chi connectivity index (χ0) is 69.5. The van der Waals surface area contributed by atoms with Crippen LogP contribution in [-0.2, 0) is 48.6 Å². The van der Waals surface area contributed by atoms with Gasteiger partial charge in [0.15, 0.2) is 0 Å². The van der Waals surface area contributed by atoms with Crippen molar-refractivity contribution in [3.8, 4) is 0 Å². The number of hydrogen-bond acceptors (Lipinski definition) is 10. The van der Waals surface area contributed by atoms with E-state index in [1.807, 2.05) is 0 Å². The average molecular weight is 1420 g/mol. The minimum absolute atomic E-state index is 0.0182. The number of halogens is 12. The maximum absolute atomic E-state index is 12.8. The van der Waals surface area contributed by atoms with Crippen LogP contribution in [0.1, 0.15) is 168 Å². The van der Waals surface area contributed by atoms with E-state index in [2.05, 4.69) is 52.2 Å². The van der Waals surface area contributed by atoms with Crippen LogP contribution in [0, 0.1) is 34.0 Å². The van der Waals surface area contributed by atoms with Crippen LogP contribution in [0.2, 0.25) is 15.1 Å². The number of rotatable bonds is 20. The number of hydrogen-bond donors (Lipinski definition) is 4. The first kappa shape index (κ1) is 81.2. The molecule has 6 rings (SSSR count). The molecule has 0 unspecified atom stereocenters. The number of benzene rings is 3. The summed E-state index contributed by atoms with van der Waals surface area (Å²) in [7, 11) is -9.53. The van der Waals surface area contributed by atoms with Gasteiger partial charge in [-0.15, -0.1) is 0 Å². The monoisotopic (exact) mass is 1420 g/mol. The molecule has 0 bridgehead atoms. The third-order valence-corrected chi connectivity index (χ3v) is 23.0. The van der Waals surface area contributed by atoms with Gasteiger partial charge in [-0.05, 0) is 174 Å². The van der Waals surface area contributed by atoms with E-state index in [4.69, 9.17) is 45.6 Å². The van der Waals surface area contributed by atoms with E-state index in [1.54, 1.807) is 25.1 Å². The van der Waals surface area contributed by atoms with Gasteiger partial charge >= 0.3 is 24.5 Å². The zero-order valence-electron chi connectivity index (χ0n) is 52.6. The van der Waals surface area contributed by atoms with Crippen molar-refractivity contribution < 1.29 is 84.3 Å². The Labute approximate surface area is 545 Å². The van der Waals surface area contributed by atoms with Crippen molar-refractivity contribution in [2.75, 3.05) is 76.2 Å². The highest BCUT2D eigenvalue weighted by molar-refractivity contribution is 7.89. The summed E-state index contributed by atoms with van der Waals surface area (Å²) >= 11 is 17.2. The second kappa shape index (κ2) is 33.6. The summed E-state index contributed by atoms with van der Waals surface area (Å²) in [6.07, 6.45) is -6.67. The molecule has 5 N–H and O–H groups in total. The summed E-state index contributed by atoms with van der Waals surface area (Å²) in [5.74, 6) is -0.845. The zero-order valence-corrected chi connectivity index (χ0v) is 57.3. The van der Waals surface area contributed by atoms with E-state index in [-0.39, 0.29) is 60.2 Å². The summed E-state index contributed by atoms with van der Waals surface area (Å²) in [5.41, 5.74) is 2.34. The highest BCUT2D eigenvalue weighted by Crippen LogP contribution is 2.42. The summed E-state index contributed by atoms with van der Waals surface area (Å²) in [4.78, 5) is 35.6. The molecule has 3 aromatic carbocycles. The highest BCUT2D eigenvalue weighted by atomic mass is 35.5. The minimum Gasteiger partial charge on any atom is -0.478 e. The molecule has 31 heteroatoms. The second-order valence-corrected chi connectivity index (χ2v) is 32.6. The largest absolute Gasteiger partial charge is 0.478 e. The molecule has 518 valence electrons. The molecule has 0 saturated carbocycles. The van der Waals surface area contributed by atoms with Gasteiger partial charge in [0, 0.05) is 52.4 Å². The number of alkyl halides is 9. The number of carboxylic acids is 1.